The summed E-state index contributed by atoms with van der Waals surface area (Å²) in [4.78, 5) is 2.37. The number of hydrogen-bond donors (Lipinski definition) is 1. The molecule has 0 amide bonds. The zero-order chi connectivity index (χ0) is 15.5. The van der Waals surface area contributed by atoms with Crippen molar-refractivity contribution in [3.63, 3.8) is 0 Å². The molecular formula is C17H26ClFN2. The number of nitrogens with zero attached hydrogens (tertiary/aromatic N) is 1. The summed E-state index contributed by atoms with van der Waals surface area (Å²) in [6, 6.07) is 5.38. The topological polar surface area (TPSA) is 15.3 Å². The molecule has 1 aliphatic rings. The highest BCUT2D eigenvalue weighted by Crippen LogP contribution is 2.25. The Hall–Kier alpha value is -0.640. The fourth-order valence-electron chi connectivity index (χ4n) is 2.81. The third-order valence-electron chi connectivity index (χ3n) is 4.04. The molecule has 0 saturated carbocycles. The minimum absolute atomic E-state index is 0.110. The van der Waals surface area contributed by atoms with Crippen LogP contribution in [-0.4, -0.2) is 29.6 Å². The van der Waals surface area contributed by atoms with Gasteiger partial charge in [-0.05, 0) is 52.3 Å². The van der Waals surface area contributed by atoms with Gasteiger partial charge < -0.3 is 5.32 Å². The van der Waals surface area contributed by atoms with Crippen molar-refractivity contribution in [2.45, 2.75) is 58.2 Å². The monoisotopic (exact) mass is 312 g/mol. The largest absolute Gasteiger partial charge is 0.311 e. The maximum atomic E-state index is 14.0. The number of piperidine rings is 1. The van der Waals surface area contributed by atoms with Gasteiger partial charge in [0.25, 0.3) is 0 Å². The first kappa shape index (κ1) is 16.7. The van der Waals surface area contributed by atoms with E-state index in [0.717, 1.165) is 19.5 Å². The molecule has 0 aliphatic carbocycles. The van der Waals surface area contributed by atoms with Gasteiger partial charge in [-0.15, -0.1) is 0 Å². The van der Waals surface area contributed by atoms with Crippen molar-refractivity contribution in [2.75, 3.05) is 13.1 Å². The smallest absolute Gasteiger partial charge is 0.129 e. The van der Waals surface area contributed by atoms with E-state index in [1.807, 2.05) is 0 Å². The van der Waals surface area contributed by atoms with Crippen molar-refractivity contribution in [1.82, 2.24) is 10.2 Å². The molecule has 1 atom stereocenters. The average molecular weight is 313 g/mol. The van der Waals surface area contributed by atoms with Crippen LogP contribution in [0.1, 0.15) is 45.6 Å². The minimum atomic E-state index is -0.199. The number of benzene rings is 1. The number of nitrogens with one attached hydrogen (secondary N) is 1. The van der Waals surface area contributed by atoms with Crippen LogP contribution >= 0.6 is 11.6 Å². The lowest BCUT2D eigenvalue weighted by molar-refractivity contribution is 0.129. The van der Waals surface area contributed by atoms with Crippen LogP contribution in [0.2, 0.25) is 5.02 Å². The molecule has 1 aromatic carbocycles. The summed E-state index contributed by atoms with van der Waals surface area (Å²) in [7, 11) is 0. The van der Waals surface area contributed by atoms with Crippen molar-refractivity contribution in [2.24, 2.45) is 0 Å². The molecule has 1 saturated heterocycles. The Bertz CT molecular complexity index is 450. The first-order valence-corrected chi connectivity index (χ1v) is 8.16. The van der Waals surface area contributed by atoms with Gasteiger partial charge in [-0.2, -0.15) is 0 Å². The van der Waals surface area contributed by atoms with E-state index in [0.29, 0.717) is 23.2 Å². The molecular weight excluding hydrogens is 287 g/mol. The van der Waals surface area contributed by atoms with Crippen LogP contribution in [0.4, 0.5) is 4.39 Å². The maximum absolute atomic E-state index is 14.0. The van der Waals surface area contributed by atoms with Gasteiger partial charge in [0, 0.05) is 35.3 Å². The molecule has 1 unspecified atom stereocenters. The van der Waals surface area contributed by atoms with E-state index in [2.05, 4.69) is 31.0 Å². The Labute approximate surface area is 132 Å². The Kier molecular flexibility index (Phi) is 5.64. The van der Waals surface area contributed by atoms with E-state index >= 15 is 0 Å². The first-order valence-electron chi connectivity index (χ1n) is 7.79. The highest BCUT2D eigenvalue weighted by molar-refractivity contribution is 6.31. The van der Waals surface area contributed by atoms with Crippen LogP contribution in [0.25, 0.3) is 0 Å². The van der Waals surface area contributed by atoms with Crippen LogP contribution in [0.3, 0.4) is 0 Å². The quantitative estimate of drug-likeness (QED) is 0.895. The Morgan fingerprint density at radius 2 is 2.10 bits per heavy atom. The summed E-state index contributed by atoms with van der Waals surface area (Å²) < 4.78 is 14.0. The molecule has 0 radical (unpaired) electrons. The summed E-state index contributed by atoms with van der Waals surface area (Å²) in [5, 5.41) is 4.10. The second kappa shape index (κ2) is 7.08. The van der Waals surface area contributed by atoms with E-state index in [1.165, 1.54) is 18.9 Å². The van der Waals surface area contributed by atoms with E-state index in [-0.39, 0.29) is 11.4 Å². The van der Waals surface area contributed by atoms with Crippen LogP contribution < -0.4 is 5.32 Å². The van der Waals surface area contributed by atoms with Crippen molar-refractivity contribution in [3.05, 3.63) is 34.6 Å². The molecule has 1 aromatic rings. The Morgan fingerprint density at radius 1 is 1.33 bits per heavy atom. The second-order valence-corrected chi connectivity index (χ2v) is 7.36. The lowest BCUT2D eigenvalue weighted by Gasteiger charge is -2.37. The molecule has 1 N–H and O–H groups in total. The number of hydrogen-bond acceptors (Lipinski definition) is 2. The highest BCUT2D eigenvalue weighted by Gasteiger charge is 2.25. The third-order valence-corrected chi connectivity index (χ3v) is 4.39. The van der Waals surface area contributed by atoms with Crippen molar-refractivity contribution < 1.29 is 4.39 Å². The average Bonchev–Trinajstić information content (AvgIpc) is 2.41. The molecule has 0 aromatic heterocycles. The van der Waals surface area contributed by atoms with E-state index in [1.54, 1.807) is 12.1 Å². The van der Waals surface area contributed by atoms with Gasteiger partial charge in [-0.1, -0.05) is 24.1 Å². The molecule has 1 fully saturated rings. The van der Waals surface area contributed by atoms with Gasteiger partial charge in [0.05, 0.1) is 0 Å². The molecule has 0 bridgehead atoms. The SMILES string of the molecule is CC(C)(C)NCC1CCCCN1Cc1c(F)cccc1Cl. The number of halogens is 2. The fraction of sp³-hybridized carbons (Fsp3) is 0.647. The van der Waals surface area contributed by atoms with Gasteiger partial charge in [0.1, 0.15) is 5.82 Å². The van der Waals surface area contributed by atoms with Crippen molar-refractivity contribution >= 4 is 11.6 Å². The predicted molar refractivity (Wildman–Crippen MR) is 87.2 cm³/mol. The van der Waals surface area contributed by atoms with Crippen molar-refractivity contribution in [1.29, 1.82) is 0 Å². The summed E-state index contributed by atoms with van der Waals surface area (Å²) in [5.74, 6) is -0.199. The van der Waals surface area contributed by atoms with Gasteiger partial charge in [0.15, 0.2) is 0 Å². The van der Waals surface area contributed by atoms with Gasteiger partial charge in [-0.25, -0.2) is 4.39 Å². The van der Waals surface area contributed by atoms with E-state index < -0.39 is 0 Å². The normalized spacial score (nSPS) is 20.7. The van der Waals surface area contributed by atoms with Gasteiger partial charge in [-0.3, -0.25) is 4.90 Å². The molecule has 4 heteroatoms. The summed E-state index contributed by atoms with van der Waals surface area (Å²) in [6.07, 6.45) is 3.59. The summed E-state index contributed by atoms with van der Waals surface area (Å²) >= 11 is 6.16. The zero-order valence-corrected chi connectivity index (χ0v) is 14.0. The molecule has 1 aliphatic heterocycles. The number of rotatable bonds is 4. The lowest BCUT2D eigenvalue weighted by Crippen LogP contribution is -2.49. The molecule has 0 spiro atoms. The predicted octanol–water partition coefficient (Wildman–Crippen LogP) is 4.22. The first-order chi connectivity index (χ1) is 9.87. The van der Waals surface area contributed by atoms with E-state index in [9.17, 15) is 4.39 Å². The second-order valence-electron chi connectivity index (χ2n) is 6.95. The number of likely N-dealkylation sites (tertiary alicyclic amines) is 1. The summed E-state index contributed by atoms with van der Waals surface area (Å²) in [6.45, 7) is 9.08. The minimum Gasteiger partial charge on any atom is -0.311 e. The zero-order valence-electron chi connectivity index (χ0n) is 13.3. The van der Waals surface area contributed by atoms with E-state index in [4.69, 9.17) is 11.6 Å². The molecule has 1 heterocycles. The Morgan fingerprint density at radius 3 is 2.76 bits per heavy atom. The lowest BCUT2D eigenvalue weighted by atomic mass is 9.99. The van der Waals surface area contributed by atoms with Gasteiger partial charge in [0.2, 0.25) is 0 Å². The molecule has 21 heavy (non-hydrogen) atoms. The molecule has 2 nitrogen and oxygen atoms in total. The fourth-order valence-corrected chi connectivity index (χ4v) is 3.03. The van der Waals surface area contributed by atoms with Gasteiger partial charge >= 0.3 is 0 Å². The van der Waals surface area contributed by atoms with Crippen LogP contribution in [0.5, 0.6) is 0 Å². The standard InChI is InChI=1S/C17H26ClFN2/c1-17(2,3)20-11-13-7-4-5-10-21(13)12-14-15(18)8-6-9-16(14)19/h6,8-9,13,20H,4-5,7,10-12H2,1-3H3. The van der Waals surface area contributed by atoms with Crippen LogP contribution in [-0.2, 0) is 6.54 Å². The summed E-state index contributed by atoms with van der Waals surface area (Å²) in [5.41, 5.74) is 0.737. The molecule has 118 valence electrons. The van der Waals surface area contributed by atoms with Crippen LogP contribution in [0.15, 0.2) is 18.2 Å². The Balaban J connectivity index is 2.05. The third kappa shape index (κ3) is 4.94. The maximum Gasteiger partial charge on any atom is 0.129 e. The van der Waals surface area contributed by atoms with Crippen LogP contribution in [0, 0.1) is 5.82 Å². The highest BCUT2D eigenvalue weighted by atomic mass is 35.5. The van der Waals surface area contributed by atoms with Crippen molar-refractivity contribution in [3.8, 4) is 0 Å². The molecule has 2 rings (SSSR count).